The van der Waals surface area contributed by atoms with Crippen LogP contribution in [0.2, 0.25) is 0 Å². The van der Waals surface area contributed by atoms with E-state index in [4.69, 9.17) is 0 Å². The van der Waals surface area contributed by atoms with Crippen LogP contribution in [0.1, 0.15) is 12.6 Å². The van der Waals surface area contributed by atoms with Gasteiger partial charge < -0.3 is 4.57 Å². The number of nitrogens with zero attached hydrogens (tertiary/aromatic N) is 1. The lowest BCUT2D eigenvalue weighted by Crippen LogP contribution is -2.12. The fraction of sp³-hybridized carbons (Fsp3) is 0.250. The largest absolute Gasteiger partial charge is 0.343 e. The molecule has 0 radical (unpaired) electrons. The molecule has 0 amide bonds. The Morgan fingerprint density at radius 1 is 1.40 bits per heavy atom. The second-order valence-corrected chi connectivity index (χ2v) is 3.53. The van der Waals surface area contributed by atoms with E-state index >= 15 is 0 Å². The van der Waals surface area contributed by atoms with Crippen LogP contribution in [0, 0.1) is 12.7 Å². The molecule has 2 aromatic rings. The van der Waals surface area contributed by atoms with Gasteiger partial charge in [-0.15, -0.1) is 0 Å². The molecule has 2 nitrogen and oxygen atoms in total. The van der Waals surface area contributed by atoms with Gasteiger partial charge in [0.2, 0.25) is 0 Å². The van der Waals surface area contributed by atoms with Crippen molar-refractivity contribution in [2.45, 2.75) is 20.4 Å². The van der Waals surface area contributed by atoms with Crippen LogP contribution in [-0.2, 0) is 6.54 Å². The van der Waals surface area contributed by atoms with Gasteiger partial charge in [-0.25, -0.2) is 4.39 Å². The zero-order chi connectivity index (χ0) is 11.0. The molecule has 15 heavy (non-hydrogen) atoms. The number of pyridine rings is 1. The zero-order valence-electron chi connectivity index (χ0n) is 8.75. The third-order valence-corrected chi connectivity index (χ3v) is 2.60. The first kappa shape index (κ1) is 9.90. The number of aryl methyl sites for hydroxylation is 2. The maximum Gasteiger partial charge on any atom is 0.189 e. The van der Waals surface area contributed by atoms with E-state index in [0.29, 0.717) is 17.4 Å². The minimum Gasteiger partial charge on any atom is -0.343 e. The Balaban J connectivity index is 3.05. The maximum atomic E-state index is 13.6. The quantitative estimate of drug-likeness (QED) is 0.701. The summed E-state index contributed by atoms with van der Waals surface area (Å²) in [6.45, 7) is 4.41. The van der Waals surface area contributed by atoms with Crippen LogP contribution in [-0.4, -0.2) is 4.57 Å². The Hall–Kier alpha value is -1.64. The van der Waals surface area contributed by atoms with Crippen molar-refractivity contribution in [2.24, 2.45) is 0 Å². The first-order chi connectivity index (χ1) is 7.15. The van der Waals surface area contributed by atoms with Crippen molar-refractivity contribution in [2.75, 3.05) is 0 Å². The lowest BCUT2D eigenvalue weighted by molar-refractivity contribution is 0.621. The third-order valence-electron chi connectivity index (χ3n) is 2.60. The van der Waals surface area contributed by atoms with Gasteiger partial charge in [0, 0.05) is 23.7 Å². The first-order valence-corrected chi connectivity index (χ1v) is 4.94. The predicted molar refractivity (Wildman–Crippen MR) is 58.6 cm³/mol. The Morgan fingerprint density at radius 3 is 2.80 bits per heavy atom. The van der Waals surface area contributed by atoms with E-state index in [1.54, 1.807) is 18.2 Å². The molecule has 3 heteroatoms. The van der Waals surface area contributed by atoms with Gasteiger partial charge in [-0.1, -0.05) is 6.07 Å². The number of benzene rings is 1. The molecule has 0 atom stereocenters. The van der Waals surface area contributed by atoms with Crippen molar-refractivity contribution in [1.82, 2.24) is 4.57 Å². The number of hydrogen-bond acceptors (Lipinski definition) is 1. The molecular weight excluding hydrogens is 193 g/mol. The van der Waals surface area contributed by atoms with Crippen LogP contribution in [0.4, 0.5) is 4.39 Å². The van der Waals surface area contributed by atoms with E-state index in [-0.39, 0.29) is 11.2 Å². The third kappa shape index (κ3) is 1.44. The highest BCUT2D eigenvalue weighted by Crippen LogP contribution is 2.16. The number of rotatable bonds is 1. The minimum atomic E-state index is -0.338. The summed E-state index contributed by atoms with van der Waals surface area (Å²) in [4.78, 5) is 11.6. The summed E-state index contributed by atoms with van der Waals surface area (Å²) in [5.41, 5.74) is 1.08. The van der Waals surface area contributed by atoms with Crippen LogP contribution in [0.25, 0.3) is 10.9 Å². The van der Waals surface area contributed by atoms with Crippen molar-refractivity contribution in [3.05, 3.63) is 46.0 Å². The topological polar surface area (TPSA) is 22.0 Å². The van der Waals surface area contributed by atoms with Gasteiger partial charge in [0.25, 0.3) is 0 Å². The number of aromatic nitrogens is 1. The highest BCUT2D eigenvalue weighted by molar-refractivity contribution is 5.79. The molecule has 0 spiro atoms. The standard InChI is InChI=1S/C12H12FNO/c1-3-14-8(2)7-11(15)9-5-4-6-10(13)12(9)14/h4-7H,3H2,1-2H3. The van der Waals surface area contributed by atoms with E-state index in [2.05, 4.69) is 0 Å². The van der Waals surface area contributed by atoms with Gasteiger partial charge in [-0.2, -0.15) is 0 Å². The molecule has 0 aliphatic heterocycles. The SMILES string of the molecule is CCn1c(C)cc(=O)c2cccc(F)c21. The second kappa shape index (κ2) is 3.50. The lowest BCUT2D eigenvalue weighted by Gasteiger charge is -2.12. The van der Waals surface area contributed by atoms with Crippen molar-refractivity contribution < 1.29 is 4.39 Å². The summed E-state index contributed by atoms with van der Waals surface area (Å²) in [5.74, 6) is -0.338. The van der Waals surface area contributed by atoms with E-state index in [0.717, 1.165) is 5.69 Å². The highest BCUT2D eigenvalue weighted by atomic mass is 19.1. The molecule has 0 aliphatic rings. The molecule has 2 rings (SSSR count). The van der Waals surface area contributed by atoms with Crippen LogP contribution in [0.5, 0.6) is 0 Å². The van der Waals surface area contributed by atoms with Crippen LogP contribution >= 0.6 is 0 Å². The molecule has 0 unspecified atom stereocenters. The zero-order valence-corrected chi connectivity index (χ0v) is 8.75. The summed E-state index contributed by atoms with van der Waals surface area (Å²) in [5, 5.41) is 0.447. The lowest BCUT2D eigenvalue weighted by atomic mass is 10.1. The van der Waals surface area contributed by atoms with Gasteiger partial charge in [0.1, 0.15) is 5.82 Å². The molecule has 0 saturated carbocycles. The summed E-state index contributed by atoms with van der Waals surface area (Å²) in [6.07, 6.45) is 0. The molecule has 0 aliphatic carbocycles. The van der Waals surface area contributed by atoms with Crippen LogP contribution in [0.3, 0.4) is 0 Å². The monoisotopic (exact) mass is 205 g/mol. The van der Waals surface area contributed by atoms with Crippen LogP contribution < -0.4 is 5.43 Å². The fourth-order valence-corrected chi connectivity index (χ4v) is 1.92. The Bertz CT molecular complexity index is 572. The second-order valence-electron chi connectivity index (χ2n) is 3.53. The summed E-state index contributed by atoms with van der Waals surface area (Å²) >= 11 is 0. The van der Waals surface area contributed by atoms with Gasteiger partial charge in [-0.05, 0) is 26.0 Å². The summed E-state index contributed by atoms with van der Waals surface area (Å²) in [7, 11) is 0. The number of para-hydroxylation sites is 1. The number of fused-ring (bicyclic) bond motifs is 1. The molecule has 0 saturated heterocycles. The Morgan fingerprint density at radius 2 is 2.13 bits per heavy atom. The molecule has 78 valence electrons. The minimum absolute atomic E-state index is 0.119. The van der Waals surface area contributed by atoms with Gasteiger partial charge in [0.15, 0.2) is 5.43 Å². The van der Waals surface area contributed by atoms with E-state index in [1.807, 2.05) is 18.4 Å². The molecule has 1 aromatic carbocycles. The normalized spacial score (nSPS) is 10.9. The average Bonchev–Trinajstić information content (AvgIpc) is 2.20. The molecule has 1 heterocycles. The number of hydrogen-bond donors (Lipinski definition) is 0. The smallest absolute Gasteiger partial charge is 0.189 e. The maximum absolute atomic E-state index is 13.6. The van der Waals surface area contributed by atoms with E-state index < -0.39 is 0 Å². The summed E-state index contributed by atoms with van der Waals surface area (Å²) < 4.78 is 15.4. The Kier molecular flexibility index (Phi) is 2.31. The highest BCUT2D eigenvalue weighted by Gasteiger charge is 2.08. The van der Waals surface area contributed by atoms with Crippen molar-refractivity contribution in [3.63, 3.8) is 0 Å². The van der Waals surface area contributed by atoms with E-state index in [1.165, 1.54) is 6.07 Å². The molecular formula is C12H12FNO. The van der Waals surface area contributed by atoms with Gasteiger partial charge in [-0.3, -0.25) is 4.79 Å². The molecule has 0 bridgehead atoms. The number of halogens is 1. The van der Waals surface area contributed by atoms with Crippen molar-refractivity contribution >= 4 is 10.9 Å². The van der Waals surface area contributed by atoms with Crippen molar-refractivity contribution in [1.29, 1.82) is 0 Å². The molecule has 1 aromatic heterocycles. The predicted octanol–water partition coefficient (Wildman–Crippen LogP) is 2.47. The molecule has 0 N–H and O–H groups in total. The average molecular weight is 205 g/mol. The summed E-state index contributed by atoms with van der Waals surface area (Å²) in [6, 6.07) is 6.15. The fourth-order valence-electron chi connectivity index (χ4n) is 1.92. The first-order valence-electron chi connectivity index (χ1n) is 4.94. The van der Waals surface area contributed by atoms with E-state index in [9.17, 15) is 9.18 Å². The van der Waals surface area contributed by atoms with Crippen LogP contribution in [0.15, 0.2) is 29.1 Å². The van der Waals surface area contributed by atoms with Gasteiger partial charge in [0.05, 0.1) is 5.52 Å². The van der Waals surface area contributed by atoms with Crippen molar-refractivity contribution in [3.8, 4) is 0 Å². The Labute approximate surface area is 87.0 Å². The molecule has 0 fully saturated rings. The van der Waals surface area contributed by atoms with Gasteiger partial charge >= 0.3 is 0 Å².